The molecule has 3 aromatic rings. The van der Waals surface area contributed by atoms with Gasteiger partial charge in [0.05, 0.1) is 65.1 Å². The standard InChI is InChI=1S/C31H32N6O/c1-22-7-11-25(12-8-22)37-30-6-4-3-5-26(30)35-29-19-28(34-24-10-9-23(2)33-21-24)27(20-31(29)37)32-13-14-36-15-17-38-18-16-36/h3-12,19-21,34H,13-18H2,1-2H3/b32-27+. The van der Waals surface area contributed by atoms with Crippen LogP contribution < -0.4 is 10.7 Å². The molecule has 192 valence electrons. The minimum atomic E-state index is 0.706. The fourth-order valence-electron chi connectivity index (χ4n) is 4.88. The van der Waals surface area contributed by atoms with Crippen molar-refractivity contribution < 1.29 is 4.74 Å². The maximum absolute atomic E-state index is 5.51. The Kier molecular flexibility index (Phi) is 6.86. The van der Waals surface area contributed by atoms with E-state index < -0.39 is 0 Å². The smallest absolute Gasteiger partial charge is 0.0900 e. The summed E-state index contributed by atoms with van der Waals surface area (Å²) in [6, 6.07) is 25.3. The predicted molar refractivity (Wildman–Crippen MR) is 152 cm³/mol. The average molecular weight is 505 g/mol. The van der Waals surface area contributed by atoms with Crippen molar-refractivity contribution in [2.75, 3.05) is 44.7 Å². The van der Waals surface area contributed by atoms with E-state index in [9.17, 15) is 0 Å². The van der Waals surface area contributed by atoms with E-state index in [-0.39, 0.29) is 0 Å². The number of pyridine rings is 1. The Labute approximate surface area is 222 Å². The zero-order valence-corrected chi connectivity index (χ0v) is 21.9. The minimum Gasteiger partial charge on any atom is -0.379 e. The van der Waals surface area contributed by atoms with Crippen LogP contribution in [0, 0.1) is 13.8 Å². The number of nitrogens with zero attached hydrogens (tertiary/aromatic N) is 5. The van der Waals surface area contributed by atoms with Gasteiger partial charge in [0, 0.05) is 31.0 Å². The minimum absolute atomic E-state index is 0.706. The molecule has 1 fully saturated rings. The fraction of sp³-hybridized carbons (Fsp3) is 0.258. The van der Waals surface area contributed by atoms with Gasteiger partial charge >= 0.3 is 0 Å². The summed E-state index contributed by atoms with van der Waals surface area (Å²) in [6.45, 7) is 9.20. The molecule has 3 aliphatic rings. The highest BCUT2D eigenvalue weighted by Crippen LogP contribution is 2.30. The van der Waals surface area contributed by atoms with Crippen molar-refractivity contribution in [2.24, 2.45) is 4.99 Å². The molecule has 38 heavy (non-hydrogen) atoms. The molecule has 0 bridgehead atoms. The number of ether oxygens (including phenoxy) is 1. The quantitative estimate of drug-likeness (QED) is 0.325. The molecule has 2 aliphatic heterocycles. The normalized spacial score (nSPS) is 14.8. The molecule has 1 aromatic heterocycles. The molecule has 2 aromatic carbocycles. The van der Waals surface area contributed by atoms with Gasteiger partial charge in [-0.2, -0.15) is 0 Å². The van der Waals surface area contributed by atoms with Crippen LogP contribution in [0.4, 0.5) is 11.4 Å². The van der Waals surface area contributed by atoms with Crippen molar-refractivity contribution >= 4 is 22.4 Å². The second kappa shape index (κ2) is 10.7. The van der Waals surface area contributed by atoms with E-state index in [1.807, 2.05) is 31.3 Å². The Morgan fingerprint density at radius 3 is 2.55 bits per heavy atom. The van der Waals surface area contributed by atoms with Crippen molar-refractivity contribution in [2.45, 2.75) is 13.8 Å². The summed E-state index contributed by atoms with van der Waals surface area (Å²) >= 11 is 0. The van der Waals surface area contributed by atoms with Crippen LogP contribution in [0.15, 0.2) is 84.0 Å². The van der Waals surface area contributed by atoms with Gasteiger partial charge in [0.25, 0.3) is 0 Å². The van der Waals surface area contributed by atoms with Crippen molar-refractivity contribution in [3.63, 3.8) is 0 Å². The topological polar surface area (TPSA) is 67.6 Å². The number of aromatic nitrogens is 3. The predicted octanol–water partition coefficient (Wildman–Crippen LogP) is 5.12. The number of morpholine rings is 1. The second-order valence-electron chi connectivity index (χ2n) is 9.78. The molecular formula is C31H32N6O. The van der Waals surface area contributed by atoms with Crippen LogP contribution in [0.3, 0.4) is 0 Å². The third kappa shape index (κ3) is 5.16. The summed E-state index contributed by atoms with van der Waals surface area (Å²) in [5, 5.41) is 4.46. The lowest BCUT2D eigenvalue weighted by Crippen LogP contribution is -2.38. The molecule has 6 rings (SSSR count). The zero-order chi connectivity index (χ0) is 25.9. The van der Waals surface area contributed by atoms with Gasteiger partial charge in [0.15, 0.2) is 0 Å². The number of rotatable bonds is 6. The fourth-order valence-corrected chi connectivity index (χ4v) is 4.88. The molecule has 0 atom stereocenters. The molecule has 0 radical (unpaired) electrons. The lowest BCUT2D eigenvalue weighted by atomic mass is 10.1. The molecule has 1 N–H and O–H groups in total. The summed E-state index contributed by atoms with van der Waals surface area (Å²) in [5.74, 6) is 0. The molecule has 1 saturated heterocycles. The lowest BCUT2D eigenvalue weighted by Gasteiger charge is -2.25. The summed E-state index contributed by atoms with van der Waals surface area (Å²) in [7, 11) is 0. The van der Waals surface area contributed by atoms with Gasteiger partial charge in [-0.1, -0.05) is 29.8 Å². The summed E-state index contributed by atoms with van der Waals surface area (Å²) in [5.41, 5.74) is 9.08. The van der Waals surface area contributed by atoms with Crippen LogP contribution in [0.25, 0.3) is 28.1 Å². The summed E-state index contributed by atoms with van der Waals surface area (Å²) in [6.07, 6.45) is 1.86. The molecule has 7 nitrogen and oxygen atoms in total. The van der Waals surface area contributed by atoms with Crippen molar-refractivity contribution in [3.8, 4) is 17.1 Å². The summed E-state index contributed by atoms with van der Waals surface area (Å²) in [4.78, 5) is 17.0. The second-order valence-corrected chi connectivity index (χ2v) is 9.78. The van der Waals surface area contributed by atoms with Gasteiger partial charge in [0.2, 0.25) is 0 Å². The number of aryl methyl sites for hydroxylation is 2. The van der Waals surface area contributed by atoms with E-state index in [0.29, 0.717) is 6.54 Å². The summed E-state index contributed by atoms with van der Waals surface area (Å²) < 4.78 is 7.79. The number of benzene rings is 3. The maximum Gasteiger partial charge on any atom is 0.0900 e. The SMILES string of the molecule is Cc1ccc(-n2c3c/c(=N\CCN4CCOCC4)c(Nc4ccc(C)nc4)cc-3nc3ccccc32)cc1. The number of anilines is 2. The Bertz CT molecular complexity index is 1580. The van der Waals surface area contributed by atoms with E-state index in [2.05, 4.69) is 81.3 Å². The van der Waals surface area contributed by atoms with Crippen LogP contribution in [-0.4, -0.2) is 58.8 Å². The Balaban J connectivity index is 1.51. The zero-order valence-electron chi connectivity index (χ0n) is 21.9. The van der Waals surface area contributed by atoms with E-state index in [0.717, 1.165) is 83.4 Å². The molecule has 0 amide bonds. The highest BCUT2D eigenvalue weighted by Gasteiger charge is 2.17. The molecule has 1 aliphatic carbocycles. The molecule has 0 spiro atoms. The van der Waals surface area contributed by atoms with E-state index >= 15 is 0 Å². The Hall–Kier alpha value is -4.07. The third-order valence-electron chi connectivity index (χ3n) is 6.98. The molecule has 7 heteroatoms. The largest absolute Gasteiger partial charge is 0.379 e. The maximum atomic E-state index is 5.51. The van der Waals surface area contributed by atoms with Gasteiger partial charge in [-0.3, -0.25) is 14.9 Å². The van der Waals surface area contributed by atoms with Crippen LogP contribution in [0.1, 0.15) is 11.3 Å². The number of nitrogens with one attached hydrogen (secondary N) is 1. The molecule has 0 saturated carbocycles. The lowest BCUT2D eigenvalue weighted by molar-refractivity contribution is 0.0394. The number of hydrogen-bond acceptors (Lipinski definition) is 6. The molecular weight excluding hydrogens is 472 g/mol. The first kappa shape index (κ1) is 24.3. The third-order valence-corrected chi connectivity index (χ3v) is 6.98. The van der Waals surface area contributed by atoms with Crippen molar-refractivity contribution in [3.05, 3.63) is 95.6 Å². The first-order valence-electron chi connectivity index (χ1n) is 13.2. The van der Waals surface area contributed by atoms with Crippen molar-refractivity contribution in [1.29, 1.82) is 0 Å². The Morgan fingerprint density at radius 1 is 0.947 bits per heavy atom. The monoisotopic (exact) mass is 504 g/mol. The van der Waals surface area contributed by atoms with Gasteiger partial charge in [-0.05, 0) is 62.4 Å². The van der Waals surface area contributed by atoms with E-state index in [1.54, 1.807) is 0 Å². The van der Waals surface area contributed by atoms with Gasteiger partial charge in [-0.15, -0.1) is 0 Å². The number of fused-ring (bicyclic) bond motifs is 2. The molecule has 0 unspecified atom stereocenters. The average Bonchev–Trinajstić information content (AvgIpc) is 2.94. The van der Waals surface area contributed by atoms with Crippen LogP contribution in [0.2, 0.25) is 0 Å². The van der Waals surface area contributed by atoms with Crippen molar-refractivity contribution in [1.82, 2.24) is 19.4 Å². The highest BCUT2D eigenvalue weighted by atomic mass is 16.5. The Morgan fingerprint density at radius 2 is 1.76 bits per heavy atom. The van der Waals surface area contributed by atoms with Gasteiger partial charge in [0.1, 0.15) is 0 Å². The van der Waals surface area contributed by atoms with Crippen LogP contribution in [0.5, 0.6) is 0 Å². The number of para-hydroxylation sites is 2. The first-order chi connectivity index (χ1) is 18.6. The van der Waals surface area contributed by atoms with Gasteiger partial charge in [-0.25, -0.2) is 4.98 Å². The number of hydrogen-bond donors (Lipinski definition) is 1. The highest BCUT2D eigenvalue weighted by molar-refractivity contribution is 5.84. The first-order valence-corrected chi connectivity index (χ1v) is 13.2. The van der Waals surface area contributed by atoms with E-state index in [1.165, 1.54) is 5.56 Å². The van der Waals surface area contributed by atoms with Crippen LogP contribution >= 0.6 is 0 Å². The van der Waals surface area contributed by atoms with Gasteiger partial charge < -0.3 is 14.6 Å². The van der Waals surface area contributed by atoms with E-state index in [4.69, 9.17) is 14.7 Å². The van der Waals surface area contributed by atoms with Crippen LogP contribution in [-0.2, 0) is 4.74 Å². The molecule has 3 heterocycles.